The average Bonchev–Trinajstić information content (AvgIpc) is 3.82. The molecule has 4 aromatic rings. The van der Waals surface area contributed by atoms with Gasteiger partial charge in [0.15, 0.2) is 0 Å². The van der Waals surface area contributed by atoms with Crippen molar-refractivity contribution in [3.63, 3.8) is 0 Å². The fraction of sp³-hybridized carbons (Fsp3) is 0.412. The molecule has 2 saturated heterocycles. The molecule has 0 saturated carbocycles. The minimum absolute atomic E-state index is 0.0731. The Bertz CT molecular complexity index is 1520. The van der Waals surface area contributed by atoms with E-state index in [4.69, 9.17) is 102 Å². The topological polar surface area (TPSA) is 24.9 Å². The van der Waals surface area contributed by atoms with Gasteiger partial charge in [-0.2, -0.15) is 0 Å². The minimum Gasteiger partial charge on any atom is -0.345 e. The van der Waals surface area contributed by atoms with E-state index in [1.807, 2.05) is 72.8 Å². The fourth-order valence-corrected chi connectivity index (χ4v) is 10.5. The first kappa shape index (κ1) is 38.9. The van der Waals surface area contributed by atoms with Crippen LogP contribution in [0, 0.1) is 11.8 Å². The zero-order valence-electron chi connectivity index (χ0n) is 26.4. The Hall–Kier alpha value is -0.320. The lowest BCUT2D eigenvalue weighted by Gasteiger charge is -2.45. The summed E-state index contributed by atoms with van der Waals surface area (Å²) < 4.78 is 10.3. The fourth-order valence-electron chi connectivity index (χ4n) is 6.16. The molecule has 4 atom stereocenters. The molecule has 2 aromatic heterocycles. The lowest BCUT2D eigenvalue weighted by atomic mass is 10.0. The molecule has 0 aliphatic carbocycles. The van der Waals surface area contributed by atoms with Gasteiger partial charge in [0.25, 0.3) is 0 Å². The van der Waals surface area contributed by atoms with Gasteiger partial charge in [0.2, 0.25) is 19.0 Å². The van der Waals surface area contributed by atoms with Crippen molar-refractivity contribution in [3.8, 4) is 0 Å². The van der Waals surface area contributed by atoms with Crippen molar-refractivity contribution in [1.82, 2.24) is 0 Å². The molecule has 0 N–H and O–H groups in total. The molecule has 4 heterocycles. The summed E-state index contributed by atoms with van der Waals surface area (Å²) in [5.41, 5.74) is -0.536. The first-order chi connectivity index (χ1) is 22.5. The number of benzene rings is 2. The van der Waals surface area contributed by atoms with Crippen LogP contribution in [0.5, 0.6) is 0 Å². The summed E-state index contributed by atoms with van der Waals surface area (Å²) in [7, 11) is 0. The molecule has 14 heteroatoms. The molecule has 0 radical (unpaired) electrons. The molecule has 2 aliphatic rings. The molecule has 0 bridgehead atoms. The number of rotatable bonds is 6. The average molecular weight is 850 g/mol. The second-order valence-electron chi connectivity index (χ2n) is 12.1. The molecular formula is C34H34Cl8N2O2S2. The molecule has 4 nitrogen and oxygen atoms in total. The normalized spacial score (nSPS) is 24.8. The maximum Gasteiger partial charge on any atom is 0.243 e. The van der Waals surface area contributed by atoms with Gasteiger partial charge >= 0.3 is 0 Å². The van der Waals surface area contributed by atoms with E-state index < -0.39 is 19.0 Å². The zero-order chi connectivity index (χ0) is 35.1. The van der Waals surface area contributed by atoms with Gasteiger partial charge in [0.1, 0.15) is 0 Å². The maximum absolute atomic E-state index is 6.48. The van der Waals surface area contributed by atoms with Crippen LogP contribution in [0.15, 0.2) is 84.9 Å². The summed E-state index contributed by atoms with van der Waals surface area (Å²) in [4.78, 5) is 5.73. The lowest BCUT2D eigenvalue weighted by molar-refractivity contribution is 0.00695. The number of thiophene rings is 2. The highest BCUT2D eigenvalue weighted by Gasteiger charge is 2.63. The van der Waals surface area contributed by atoms with Crippen molar-refractivity contribution >= 4 is 127 Å². The van der Waals surface area contributed by atoms with Gasteiger partial charge in [-0.25, -0.2) is 0 Å². The van der Waals surface area contributed by atoms with Crippen LogP contribution in [0.4, 0.5) is 11.4 Å². The van der Waals surface area contributed by atoms with E-state index in [1.54, 1.807) is 12.1 Å². The molecule has 2 aliphatic heterocycles. The SMILES string of the molecule is CC(C)[C@H]1CO[C@](c2ccc(Cl)s2)(C(Cl)(Cl)Cl)N1c1ccccc1.CC(C)[C@H]1CO[C@](c2ccc(Cl)s2)(C(Cl)(Cl)Cl)N1c1ccccc1. The number of hydrogen-bond acceptors (Lipinski definition) is 6. The van der Waals surface area contributed by atoms with Crippen molar-refractivity contribution in [2.45, 2.75) is 58.8 Å². The van der Waals surface area contributed by atoms with Gasteiger partial charge in [-0.15, -0.1) is 22.7 Å². The van der Waals surface area contributed by atoms with Crippen molar-refractivity contribution in [2.24, 2.45) is 11.8 Å². The summed E-state index contributed by atoms with van der Waals surface area (Å²) >= 11 is 53.9. The Morgan fingerprint density at radius 1 is 0.583 bits per heavy atom. The van der Waals surface area contributed by atoms with Crippen LogP contribution in [0.25, 0.3) is 0 Å². The van der Waals surface area contributed by atoms with E-state index in [0.717, 1.165) is 21.1 Å². The van der Waals surface area contributed by atoms with Crippen LogP contribution >= 0.6 is 115 Å². The second-order valence-corrected chi connectivity index (χ2v) is 20.1. The highest BCUT2D eigenvalue weighted by molar-refractivity contribution is 7.16. The number of anilines is 2. The molecule has 0 amide bonds. The quantitative estimate of drug-likeness (QED) is 0.181. The number of para-hydroxylation sites is 2. The van der Waals surface area contributed by atoms with E-state index in [2.05, 4.69) is 37.5 Å². The van der Waals surface area contributed by atoms with E-state index in [9.17, 15) is 0 Å². The van der Waals surface area contributed by atoms with Gasteiger partial charge < -0.3 is 19.3 Å². The summed E-state index contributed by atoms with van der Waals surface area (Å²) in [6.07, 6.45) is 0. The monoisotopic (exact) mass is 846 g/mol. The van der Waals surface area contributed by atoms with E-state index in [1.165, 1.54) is 22.7 Å². The summed E-state index contributed by atoms with van der Waals surface area (Å²) in [5.74, 6) is 0.629. The third-order valence-corrected chi connectivity index (χ3v) is 12.6. The maximum atomic E-state index is 6.48. The van der Waals surface area contributed by atoms with Gasteiger partial charge in [0, 0.05) is 11.4 Å². The Morgan fingerprint density at radius 3 is 1.17 bits per heavy atom. The molecule has 0 unspecified atom stereocenters. The van der Waals surface area contributed by atoms with Crippen molar-refractivity contribution in [1.29, 1.82) is 0 Å². The molecule has 2 aromatic carbocycles. The van der Waals surface area contributed by atoms with Gasteiger partial charge in [0.05, 0.1) is 43.7 Å². The predicted octanol–water partition coefficient (Wildman–Crippen LogP) is 13.0. The molecule has 2 fully saturated rings. The number of ether oxygens (including phenoxy) is 2. The highest BCUT2D eigenvalue weighted by Crippen LogP contribution is 2.58. The van der Waals surface area contributed by atoms with Crippen molar-refractivity contribution in [2.75, 3.05) is 23.0 Å². The predicted molar refractivity (Wildman–Crippen MR) is 210 cm³/mol. The van der Waals surface area contributed by atoms with Crippen LogP contribution < -0.4 is 9.80 Å². The van der Waals surface area contributed by atoms with E-state index >= 15 is 0 Å². The number of hydrogen-bond donors (Lipinski definition) is 0. The largest absolute Gasteiger partial charge is 0.345 e. The molecule has 0 spiro atoms. The van der Waals surface area contributed by atoms with Gasteiger partial charge in [-0.05, 0) is 60.4 Å². The number of nitrogens with zero attached hydrogens (tertiary/aromatic N) is 2. The van der Waals surface area contributed by atoms with Gasteiger partial charge in [-0.1, -0.05) is 157 Å². The third kappa shape index (κ3) is 7.31. The van der Waals surface area contributed by atoms with Gasteiger partial charge in [-0.3, -0.25) is 0 Å². The minimum atomic E-state index is -1.69. The van der Waals surface area contributed by atoms with Crippen LogP contribution in [-0.2, 0) is 20.9 Å². The van der Waals surface area contributed by atoms with Crippen molar-refractivity contribution < 1.29 is 9.47 Å². The lowest BCUT2D eigenvalue weighted by Crippen LogP contribution is -2.55. The zero-order valence-corrected chi connectivity index (χ0v) is 34.0. The van der Waals surface area contributed by atoms with Crippen LogP contribution in [0.3, 0.4) is 0 Å². The second kappa shape index (κ2) is 15.3. The van der Waals surface area contributed by atoms with E-state index in [0.29, 0.717) is 33.7 Å². The highest BCUT2D eigenvalue weighted by atomic mass is 35.6. The third-order valence-electron chi connectivity index (χ3n) is 8.46. The Morgan fingerprint density at radius 2 is 0.917 bits per heavy atom. The number of alkyl halides is 6. The first-order valence-corrected chi connectivity index (χ1v) is 19.8. The molecule has 6 rings (SSSR count). The molecular weight excluding hydrogens is 816 g/mol. The summed E-state index contributed by atoms with van der Waals surface area (Å²) in [6, 6.07) is 27.3. The van der Waals surface area contributed by atoms with E-state index in [-0.39, 0.29) is 12.1 Å². The smallest absolute Gasteiger partial charge is 0.243 e. The molecule has 48 heavy (non-hydrogen) atoms. The first-order valence-electron chi connectivity index (χ1n) is 15.2. The molecule has 260 valence electrons. The summed E-state index contributed by atoms with van der Waals surface area (Å²) in [6.45, 7) is 9.49. The Balaban J connectivity index is 0.000000188. The summed E-state index contributed by atoms with van der Waals surface area (Å²) in [5, 5.41) is 0. The van der Waals surface area contributed by atoms with Crippen LogP contribution in [-0.4, -0.2) is 32.9 Å². The van der Waals surface area contributed by atoms with Crippen LogP contribution in [0.1, 0.15) is 37.4 Å². The Kier molecular flexibility index (Phi) is 12.4. The number of halogens is 8. The van der Waals surface area contributed by atoms with Crippen LogP contribution in [0.2, 0.25) is 8.67 Å². The van der Waals surface area contributed by atoms with Crippen molar-refractivity contribution in [3.05, 3.63) is 103 Å². The Labute approximate surface area is 330 Å². The standard InChI is InChI=1S/2C17H17Cl4NOS/c2*1-11(2)13-10-23-16(17(19,20)21,14-8-9-15(18)24-14)22(13)12-6-4-3-5-7-12/h2*3-9,11,13H,10H2,1-2H3/t2*13-,16-/m11/s1.